The van der Waals surface area contributed by atoms with Crippen LogP contribution in [0, 0.1) is 5.82 Å². The van der Waals surface area contributed by atoms with Crippen molar-refractivity contribution in [2.45, 2.75) is 4.90 Å². The minimum Gasteiger partial charge on any atom is -0.490 e. The maximum absolute atomic E-state index is 13.3. The first-order chi connectivity index (χ1) is 7.36. The van der Waals surface area contributed by atoms with Crippen LogP contribution in [0.15, 0.2) is 21.5 Å². The van der Waals surface area contributed by atoms with Crippen LogP contribution in [0.2, 0.25) is 0 Å². The average Bonchev–Trinajstić information content (AvgIpc) is 2.17. The highest BCUT2D eigenvalue weighted by Gasteiger charge is 2.17. The molecule has 0 atom stereocenters. The van der Waals surface area contributed by atoms with Gasteiger partial charge in [-0.2, -0.15) is 0 Å². The van der Waals surface area contributed by atoms with Crippen LogP contribution in [0.1, 0.15) is 0 Å². The number of sulfonamides is 1. The normalized spacial score (nSPS) is 11.5. The van der Waals surface area contributed by atoms with E-state index in [0.29, 0.717) is 0 Å². The molecule has 4 nitrogen and oxygen atoms in total. The number of hydrogen-bond donors (Lipinski definition) is 1. The summed E-state index contributed by atoms with van der Waals surface area (Å²) < 4.78 is 52.0. The van der Waals surface area contributed by atoms with E-state index < -0.39 is 27.4 Å². The van der Waals surface area contributed by atoms with E-state index in [1.54, 1.807) is 0 Å². The maximum atomic E-state index is 13.3. The third-order valence-corrected chi connectivity index (χ3v) is 3.17. The standard InChI is InChI=1S/C8H8BrF2NO3S/c9-5-3-8(16(12,13)14)6(11)4-7(5)15-2-1-10/h3-4H,1-2H2,(H2,12,13,14). The van der Waals surface area contributed by atoms with Crippen molar-refractivity contribution >= 4 is 26.0 Å². The van der Waals surface area contributed by atoms with Crippen LogP contribution in [-0.2, 0) is 10.0 Å². The Hall–Kier alpha value is -0.730. The first-order valence-corrected chi connectivity index (χ1v) is 6.41. The topological polar surface area (TPSA) is 69.4 Å². The van der Waals surface area contributed by atoms with Crippen molar-refractivity contribution in [1.29, 1.82) is 0 Å². The van der Waals surface area contributed by atoms with E-state index in [9.17, 15) is 17.2 Å². The summed E-state index contributed by atoms with van der Waals surface area (Å²) in [5.74, 6) is -1.03. The van der Waals surface area contributed by atoms with Crippen LogP contribution in [0.3, 0.4) is 0 Å². The number of hydrogen-bond acceptors (Lipinski definition) is 3. The summed E-state index contributed by atoms with van der Waals surface area (Å²) in [6.07, 6.45) is 0. The SMILES string of the molecule is NS(=O)(=O)c1cc(Br)c(OCCF)cc1F. The molecule has 0 radical (unpaired) electrons. The summed E-state index contributed by atoms with van der Waals surface area (Å²) in [6, 6.07) is 1.80. The highest BCUT2D eigenvalue weighted by atomic mass is 79.9. The van der Waals surface area contributed by atoms with Gasteiger partial charge in [-0.3, -0.25) is 0 Å². The Kier molecular flexibility index (Phi) is 4.22. The van der Waals surface area contributed by atoms with E-state index in [0.717, 1.165) is 12.1 Å². The van der Waals surface area contributed by atoms with E-state index in [4.69, 9.17) is 9.88 Å². The van der Waals surface area contributed by atoms with E-state index in [1.807, 2.05) is 0 Å². The molecule has 0 bridgehead atoms. The molecule has 0 amide bonds. The van der Waals surface area contributed by atoms with Crippen molar-refractivity contribution in [3.8, 4) is 5.75 Å². The minimum absolute atomic E-state index is 0.0163. The third kappa shape index (κ3) is 3.13. The zero-order valence-electron chi connectivity index (χ0n) is 7.91. The highest BCUT2D eigenvalue weighted by Crippen LogP contribution is 2.29. The lowest BCUT2D eigenvalue weighted by Crippen LogP contribution is -2.14. The van der Waals surface area contributed by atoms with Gasteiger partial charge >= 0.3 is 0 Å². The Morgan fingerprint density at radius 2 is 2.06 bits per heavy atom. The molecule has 0 saturated heterocycles. The molecule has 0 fully saturated rings. The molecular formula is C8H8BrF2NO3S. The first-order valence-electron chi connectivity index (χ1n) is 4.07. The van der Waals surface area contributed by atoms with Crippen LogP contribution in [0.5, 0.6) is 5.75 Å². The minimum atomic E-state index is -4.13. The quantitative estimate of drug-likeness (QED) is 0.917. The number of rotatable bonds is 4. The van der Waals surface area contributed by atoms with Crippen molar-refractivity contribution < 1.29 is 21.9 Å². The van der Waals surface area contributed by atoms with Crippen LogP contribution in [0.4, 0.5) is 8.78 Å². The zero-order valence-corrected chi connectivity index (χ0v) is 10.3. The fourth-order valence-corrected chi connectivity index (χ4v) is 2.21. The first kappa shape index (κ1) is 13.3. The smallest absolute Gasteiger partial charge is 0.241 e. The second-order valence-electron chi connectivity index (χ2n) is 2.80. The lowest BCUT2D eigenvalue weighted by molar-refractivity contribution is 0.270. The summed E-state index contributed by atoms with van der Waals surface area (Å²) in [7, 11) is -4.13. The number of nitrogens with two attached hydrogens (primary N) is 1. The van der Waals surface area contributed by atoms with E-state index in [-0.39, 0.29) is 16.8 Å². The lowest BCUT2D eigenvalue weighted by atomic mass is 10.3. The van der Waals surface area contributed by atoms with Gasteiger partial charge in [-0.25, -0.2) is 22.3 Å². The lowest BCUT2D eigenvalue weighted by Gasteiger charge is -2.08. The summed E-state index contributed by atoms with van der Waals surface area (Å²) >= 11 is 2.97. The Morgan fingerprint density at radius 1 is 1.44 bits per heavy atom. The highest BCUT2D eigenvalue weighted by molar-refractivity contribution is 9.10. The Morgan fingerprint density at radius 3 is 2.56 bits per heavy atom. The summed E-state index contributed by atoms with van der Waals surface area (Å²) in [4.78, 5) is -0.646. The van der Waals surface area contributed by atoms with Crippen LogP contribution >= 0.6 is 15.9 Å². The van der Waals surface area contributed by atoms with Crippen LogP contribution in [0.25, 0.3) is 0 Å². The van der Waals surface area contributed by atoms with Crippen LogP contribution < -0.4 is 9.88 Å². The molecule has 0 saturated carbocycles. The zero-order chi connectivity index (χ0) is 12.3. The summed E-state index contributed by atoms with van der Waals surface area (Å²) in [5, 5.41) is 4.79. The molecule has 8 heteroatoms. The number of alkyl halides is 1. The third-order valence-electron chi connectivity index (χ3n) is 1.63. The van der Waals surface area contributed by atoms with E-state index in [2.05, 4.69) is 15.9 Å². The Bertz CT molecular complexity index is 492. The van der Waals surface area contributed by atoms with E-state index >= 15 is 0 Å². The van der Waals surface area contributed by atoms with Gasteiger partial charge in [0.2, 0.25) is 10.0 Å². The van der Waals surface area contributed by atoms with Crippen LogP contribution in [-0.4, -0.2) is 21.7 Å². The van der Waals surface area contributed by atoms with Gasteiger partial charge in [0, 0.05) is 6.07 Å². The van der Waals surface area contributed by atoms with Crippen molar-refractivity contribution in [3.63, 3.8) is 0 Å². The molecular weight excluding hydrogens is 308 g/mol. The molecule has 0 unspecified atom stereocenters. The molecule has 0 heterocycles. The van der Waals surface area contributed by atoms with Gasteiger partial charge in [-0.05, 0) is 22.0 Å². The Balaban J connectivity index is 3.17. The molecule has 1 aromatic rings. The molecule has 1 aromatic carbocycles. The number of primary sulfonamides is 1. The van der Waals surface area contributed by atoms with Gasteiger partial charge in [0.15, 0.2) is 0 Å². The van der Waals surface area contributed by atoms with Gasteiger partial charge in [0.05, 0.1) is 4.47 Å². The number of halogens is 3. The number of ether oxygens (including phenoxy) is 1. The fraction of sp³-hybridized carbons (Fsp3) is 0.250. The number of benzene rings is 1. The molecule has 0 aromatic heterocycles. The van der Waals surface area contributed by atoms with Gasteiger partial charge in [0.1, 0.15) is 29.7 Å². The summed E-state index contributed by atoms with van der Waals surface area (Å²) in [6.45, 7) is -0.974. The van der Waals surface area contributed by atoms with Crippen molar-refractivity contribution in [1.82, 2.24) is 0 Å². The molecule has 1 rings (SSSR count). The molecule has 0 aliphatic carbocycles. The van der Waals surface area contributed by atoms with Gasteiger partial charge < -0.3 is 4.74 Å². The molecule has 2 N–H and O–H groups in total. The van der Waals surface area contributed by atoms with E-state index in [1.165, 1.54) is 0 Å². The van der Waals surface area contributed by atoms with Crippen molar-refractivity contribution in [2.24, 2.45) is 5.14 Å². The monoisotopic (exact) mass is 315 g/mol. The molecule has 0 aliphatic rings. The molecule has 90 valence electrons. The average molecular weight is 316 g/mol. The molecule has 16 heavy (non-hydrogen) atoms. The van der Waals surface area contributed by atoms with Gasteiger partial charge in [-0.1, -0.05) is 0 Å². The van der Waals surface area contributed by atoms with Gasteiger partial charge in [0.25, 0.3) is 0 Å². The second kappa shape index (κ2) is 5.07. The molecule has 0 aliphatic heterocycles. The second-order valence-corrected chi connectivity index (χ2v) is 5.18. The van der Waals surface area contributed by atoms with Crippen molar-refractivity contribution in [3.05, 3.63) is 22.4 Å². The predicted octanol–water partition coefficient (Wildman–Crippen LogP) is 1.58. The largest absolute Gasteiger partial charge is 0.490 e. The fourth-order valence-electron chi connectivity index (χ4n) is 0.988. The summed E-state index contributed by atoms with van der Waals surface area (Å²) in [5.41, 5.74) is 0. The van der Waals surface area contributed by atoms with Crippen molar-refractivity contribution in [2.75, 3.05) is 13.3 Å². The predicted molar refractivity (Wildman–Crippen MR) is 56.9 cm³/mol. The maximum Gasteiger partial charge on any atom is 0.241 e. The molecule has 0 spiro atoms. The Labute approximate surface area is 99.6 Å². The van der Waals surface area contributed by atoms with Gasteiger partial charge in [-0.15, -0.1) is 0 Å².